The maximum atomic E-state index is 12.8. The van der Waals surface area contributed by atoms with E-state index in [0.29, 0.717) is 6.54 Å². The molecule has 2 aliphatic rings. The SMILES string of the molecule is CCCN1C(=O)[C@@H](C)NC(=O)C12CCN(CCCCCCc1ccccc1)CC2. The molecule has 2 aliphatic heterocycles. The molecule has 1 aromatic rings. The van der Waals surface area contributed by atoms with E-state index in [1.165, 1.54) is 37.7 Å². The molecule has 160 valence electrons. The summed E-state index contributed by atoms with van der Waals surface area (Å²) in [5, 5.41) is 2.92. The highest BCUT2D eigenvalue weighted by Crippen LogP contribution is 2.33. The smallest absolute Gasteiger partial charge is 0.246 e. The van der Waals surface area contributed by atoms with Crippen molar-refractivity contribution >= 4 is 11.8 Å². The molecule has 2 heterocycles. The van der Waals surface area contributed by atoms with Crippen LogP contribution in [-0.2, 0) is 16.0 Å². The normalized spacial score (nSPS) is 22.1. The lowest BCUT2D eigenvalue weighted by Crippen LogP contribution is -2.72. The average Bonchev–Trinajstić information content (AvgIpc) is 2.74. The van der Waals surface area contributed by atoms with Gasteiger partial charge in [0.2, 0.25) is 11.8 Å². The van der Waals surface area contributed by atoms with Gasteiger partial charge in [-0.2, -0.15) is 0 Å². The van der Waals surface area contributed by atoms with E-state index in [1.54, 1.807) is 6.92 Å². The largest absolute Gasteiger partial charge is 0.343 e. The van der Waals surface area contributed by atoms with Crippen LogP contribution in [0, 0.1) is 0 Å². The van der Waals surface area contributed by atoms with Crippen LogP contribution in [0.2, 0.25) is 0 Å². The number of unbranched alkanes of at least 4 members (excludes halogenated alkanes) is 3. The fraction of sp³-hybridized carbons (Fsp3) is 0.667. The Morgan fingerprint density at radius 1 is 1.00 bits per heavy atom. The second-order valence-electron chi connectivity index (χ2n) is 8.71. The van der Waals surface area contributed by atoms with Gasteiger partial charge in [-0.1, -0.05) is 50.1 Å². The Bertz CT molecular complexity index is 668. The average molecular weight is 400 g/mol. The fourth-order valence-electron chi connectivity index (χ4n) is 4.81. The van der Waals surface area contributed by atoms with Gasteiger partial charge >= 0.3 is 0 Å². The van der Waals surface area contributed by atoms with Crippen LogP contribution in [-0.4, -0.2) is 59.4 Å². The number of carbonyl (C=O) groups excluding carboxylic acids is 2. The number of piperidine rings is 1. The standard InChI is InChI=1S/C24H37N3O2/c1-3-16-27-22(28)20(2)25-23(29)24(27)14-18-26(19-15-24)17-10-5-4-7-11-21-12-8-6-9-13-21/h6,8-9,12-13,20H,3-5,7,10-11,14-19H2,1-2H3,(H,25,29)/t20-/m1/s1. The third kappa shape index (κ3) is 5.19. The van der Waals surface area contributed by atoms with E-state index in [1.807, 2.05) is 4.90 Å². The first-order chi connectivity index (χ1) is 14.1. The Hall–Kier alpha value is -1.88. The molecule has 1 atom stereocenters. The molecule has 2 amide bonds. The Morgan fingerprint density at radius 2 is 1.69 bits per heavy atom. The Balaban J connectivity index is 1.40. The van der Waals surface area contributed by atoms with Gasteiger partial charge in [0, 0.05) is 19.6 Å². The van der Waals surface area contributed by atoms with Gasteiger partial charge in [-0.25, -0.2) is 0 Å². The Labute approximate surface area is 175 Å². The van der Waals surface area contributed by atoms with Gasteiger partial charge in [-0.3, -0.25) is 9.59 Å². The molecule has 0 aliphatic carbocycles. The number of hydrogen-bond donors (Lipinski definition) is 1. The minimum atomic E-state index is -0.619. The number of carbonyl (C=O) groups is 2. The number of rotatable bonds is 9. The highest BCUT2D eigenvalue weighted by atomic mass is 16.2. The molecule has 0 saturated carbocycles. The number of aryl methyl sites for hydroxylation is 1. The Morgan fingerprint density at radius 3 is 2.38 bits per heavy atom. The molecule has 3 rings (SSSR count). The second kappa shape index (κ2) is 10.2. The van der Waals surface area contributed by atoms with E-state index in [0.717, 1.165) is 38.9 Å². The highest BCUT2D eigenvalue weighted by molar-refractivity contribution is 5.99. The number of benzene rings is 1. The lowest BCUT2D eigenvalue weighted by Gasteiger charge is -2.51. The number of nitrogens with zero attached hydrogens (tertiary/aromatic N) is 2. The minimum absolute atomic E-state index is 0.0543. The van der Waals surface area contributed by atoms with Gasteiger partial charge < -0.3 is 15.1 Å². The van der Waals surface area contributed by atoms with Gasteiger partial charge in [-0.05, 0) is 57.6 Å². The van der Waals surface area contributed by atoms with Gasteiger partial charge in [0.05, 0.1) is 0 Å². The van der Waals surface area contributed by atoms with Crippen LogP contribution < -0.4 is 5.32 Å². The molecule has 0 bridgehead atoms. The minimum Gasteiger partial charge on any atom is -0.343 e. The van der Waals surface area contributed by atoms with E-state index in [4.69, 9.17) is 0 Å². The van der Waals surface area contributed by atoms with Crippen molar-refractivity contribution in [1.29, 1.82) is 0 Å². The molecule has 1 aromatic carbocycles. The van der Waals surface area contributed by atoms with Crippen LogP contribution in [0.15, 0.2) is 30.3 Å². The van der Waals surface area contributed by atoms with Crippen molar-refractivity contribution in [2.75, 3.05) is 26.2 Å². The highest BCUT2D eigenvalue weighted by Gasteiger charge is 2.52. The van der Waals surface area contributed by atoms with Crippen molar-refractivity contribution in [2.24, 2.45) is 0 Å². The van der Waals surface area contributed by atoms with E-state index >= 15 is 0 Å². The number of nitrogens with one attached hydrogen (secondary N) is 1. The maximum absolute atomic E-state index is 12.8. The zero-order chi connectivity index (χ0) is 20.7. The number of piperazine rings is 1. The summed E-state index contributed by atoms with van der Waals surface area (Å²) in [7, 11) is 0. The van der Waals surface area contributed by atoms with Gasteiger partial charge in [-0.15, -0.1) is 0 Å². The quantitative estimate of drug-likeness (QED) is 0.648. The molecule has 5 nitrogen and oxygen atoms in total. The predicted octanol–water partition coefficient (Wildman–Crippen LogP) is 3.38. The number of hydrogen-bond acceptors (Lipinski definition) is 3. The topological polar surface area (TPSA) is 52.7 Å². The molecule has 0 unspecified atom stereocenters. The van der Waals surface area contributed by atoms with E-state index in [9.17, 15) is 9.59 Å². The monoisotopic (exact) mass is 399 g/mol. The van der Waals surface area contributed by atoms with Crippen LogP contribution in [0.5, 0.6) is 0 Å². The van der Waals surface area contributed by atoms with Crippen LogP contribution in [0.3, 0.4) is 0 Å². The molecular weight excluding hydrogens is 362 g/mol. The zero-order valence-corrected chi connectivity index (χ0v) is 18.2. The van der Waals surface area contributed by atoms with Crippen molar-refractivity contribution < 1.29 is 9.59 Å². The lowest BCUT2D eigenvalue weighted by atomic mass is 9.81. The number of amides is 2. The molecule has 1 spiro atoms. The van der Waals surface area contributed by atoms with Crippen LogP contribution >= 0.6 is 0 Å². The van der Waals surface area contributed by atoms with Crippen molar-refractivity contribution in [2.45, 2.75) is 76.8 Å². The summed E-state index contributed by atoms with van der Waals surface area (Å²) in [6, 6.07) is 10.3. The molecule has 2 fully saturated rings. The summed E-state index contributed by atoms with van der Waals surface area (Å²) >= 11 is 0. The molecule has 1 N–H and O–H groups in total. The summed E-state index contributed by atoms with van der Waals surface area (Å²) in [5.74, 6) is 0.136. The predicted molar refractivity (Wildman–Crippen MR) is 117 cm³/mol. The molecular formula is C24H37N3O2. The molecule has 5 heteroatoms. The van der Waals surface area contributed by atoms with Crippen molar-refractivity contribution in [3.63, 3.8) is 0 Å². The summed E-state index contributed by atoms with van der Waals surface area (Å²) in [6.45, 7) is 7.45. The first-order valence-electron chi connectivity index (χ1n) is 11.5. The molecule has 29 heavy (non-hydrogen) atoms. The molecule has 0 radical (unpaired) electrons. The first kappa shape index (κ1) is 21.8. The second-order valence-corrected chi connectivity index (χ2v) is 8.71. The van der Waals surface area contributed by atoms with Gasteiger partial charge in [0.15, 0.2) is 0 Å². The van der Waals surface area contributed by atoms with E-state index in [-0.39, 0.29) is 11.8 Å². The zero-order valence-electron chi connectivity index (χ0n) is 18.2. The summed E-state index contributed by atoms with van der Waals surface area (Å²) < 4.78 is 0. The van der Waals surface area contributed by atoms with Crippen LogP contribution in [0.25, 0.3) is 0 Å². The first-order valence-corrected chi connectivity index (χ1v) is 11.5. The van der Waals surface area contributed by atoms with E-state index < -0.39 is 11.6 Å². The van der Waals surface area contributed by atoms with Crippen molar-refractivity contribution in [1.82, 2.24) is 15.1 Å². The van der Waals surface area contributed by atoms with Crippen LogP contribution in [0.4, 0.5) is 0 Å². The molecule has 2 saturated heterocycles. The van der Waals surface area contributed by atoms with Crippen molar-refractivity contribution in [3.05, 3.63) is 35.9 Å². The van der Waals surface area contributed by atoms with E-state index in [2.05, 4.69) is 47.5 Å². The third-order valence-corrected chi connectivity index (χ3v) is 6.59. The summed E-state index contributed by atoms with van der Waals surface area (Å²) in [5.41, 5.74) is 0.811. The lowest BCUT2D eigenvalue weighted by molar-refractivity contribution is -0.160. The third-order valence-electron chi connectivity index (χ3n) is 6.59. The summed E-state index contributed by atoms with van der Waals surface area (Å²) in [6.07, 6.45) is 8.56. The summed E-state index contributed by atoms with van der Waals surface area (Å²) in [4.78, 5) is 29.9. The fourth-order valence-corrected chi connectivity index (χ4v) is 4.81. The molecule has 0 aromatic heterocycles. The van der Waals surface area contributed by atoms with Gasteiger partial charge in [0.1, 0.15) is 11.6 Å². The number of likely N-dealkylation sites (tertiary alicyclic amines) is 1. The van der Waals surface area contributed by atoms with Crippen molar-refractivity contribution in [3.8, 4) is 0 Å². The van der Waals surface area contributed by atoms with Gasteiger partial charge in [0.25, 0.3) is 0 Å². The Kier molecular flexibility index (Phi) is 7.70. The van der Waals surface area contributed by atoms with Crippen LogP contribution in [0.1, 0.15) is 64.4 Å². The maximum Gasteiger partial charge on any atom is 0.246 e.